The van der Waals surface area contributed by atoms with Gasteiger partial charge in [-0.15, -0.1) is 0 Å². The molecule has 8 nitrogen and oxygen atoms in total. The molecule has 2 aromatic rings. The van der Waals surface area contributed by atoms with Crippen LogP contribution in [-0.4, -0.2) is 46.9 Å². The molecule has 2 amide bonds. The largest absolute Gasteiger partial charge is 0.475 e. The molecular formula is C15H21N5O3. The van der Waals surface area contributed by atoms with Gasteiger partial charge >= 0.3 is 6.03 Å². The maximum absolute atomic E-state index is 11.9. The van der Waals surface area contributed by atoms with Crippen LogP contribution in [-0.2, 0) is 11.3 Å². The summed E-state index contributed by atoms with van der Waals surface area (Å²) in [6.07, 6.45) is 6.81. The van der Waals surface area contributed by atoms with Crippen molar-refractivity contribution in [2.45, 2.75) is 19.5 Å². The summed E-state index contributed by atoms with van der Waals surface area (Å²) in [6, 6.07) is 3.11. The molecule has 23 heavy (non-hydrogen) atoms. The first-order valence-electron chi connectivity index (χ1n) is 7.28. The second-order valence-corrected chi connectivity index (χ2v) is 4.99. The molecule has 0 spiro atoms. The van der Waals surface area contributed by atoms with Crippen LogP contribution in [0.15, 0.2) is 37.1 Å². The van der Waals surface area contributed by atoms with E-state index in [-0.39, 0.29) is 12.1 Å². The lowest BCUT2D eigenvalue weighted by atomic mass is 10.3. The number of nitrogens with zero attached hydrogens (tertiary/aromatic N) is 3. The van der Waals surface area contributed by atoms with E-state index in [9.17, 15) is 4.79 Å². The highest BCUT2D eigenvalue weighted by Gasteiger charge is 2.08. The molecule has 0 saturated heterocycles. The Morgan fingerprint density at radius 3 is 2.91 bits per heavy atom. The average Bonchev–Trinajstić information content (AvgIpc) is 3.02. The summed E-state index contributed by atoms with van der Waals surface area (Å²) in [6.45, 7) is 3.50. The highest BCUT2D eigenvalue weighted by atomic mass is 16.5. The van der Waals surface area contributed by atoms with E-state index < -0.39 is 0 Å². The molecule has 0 aromatic carbocycles. The van der Waals surface area contributed by atoms with E-state index in [0.717, 1.165) is 0 Å². The Balaban J connectivity index is 1.76. The van der Waals surface area contributed by atoms with Crippen LogP contribution in [0.5, 0.6) is 5.88 Å². The number of methoxy groups -OCH3 is 1. The van der Waals surface area contributed by atoms with Crippen molar-refractivity contribution < 1.29 is 14.3 Å². The minimum Gasteiger partial charge on any atom is -0.475 e. The average molecular weight is 319 g/mol. The number of pyridine rings is 1. The molecule has 0 unspecified atom stereocenters. The van der Waals surface area contributed by atoms with Gasteiger partial charge in [-0.1, -0.05) is 0 Å². The topological polar surface area (TPSA) is 90.3 Å². The Morgan fingerprint density at radius 2 is 2.26 bits per heavy atom. The van der Waals surface area contributed by atoms with E-state index in [1.807, 2.05) is 17.7 Å². The third-order valence-electron chi connectivity index (χ3n) is 2.95. The van der Waals surface area contributed by atoms with Crippen molar-refractivity contribution in [1.82, 2.24) is 19.9 Å². The van der Waals surface area contributed by atoms with Crippen LogP contribution in [0.2, 0.25) is 0 Å². The Morgan fingerprint density at radius 1 is 1.39 bits per heavy atom. The second kappa shape index (κ2) is 8.74. The zero-order valence-electron chi connectivity index (χ0n) is 13.2. The van der Waals surface area contributed by atoms with Gasteiger partial charge in [-0.25, -0.2) is 14.8 Å². The van der Waals surface area contributed by atoms with Crippen LogP contribution in [0.25, 0.3) is 0 Å². The second-order valence-electron chi connectivity index (χ2n) is 4.99. The smallest absolute Gasteiger partial charge is 0.319 e. The monoisotopic (exact) mass is 319 g/mol. The van der Waals surface area contributed by atoms with Crippen molar-refractivity contribution in [3.63, 3.8) is 0 Å². The summed E-state index contributed by atoms with van der Waals surface area (Å²) in [4.78, 5) is 20.0. The quantitative estimate of drug-likeness (QED) is 0.720. The van der Waals surface area contributed by atoms with Crippen molar-refractivity contribution in [2.24, 2.45) is 0 Å². The number of urea groups is 1. The molecule has 0 aliphatic rings. The lowest BCUT2D eigenvalue weighted by Gasteiger charge is -2.15. The van der Waals surface area contributed by atoms with Gasteiger partial charge in [0.05, 0.1) is 24.8 Å². The molecule has 124 valence electrons. The molecule has 2 aromatic heterocycles. The fraction of sp³-hybridized carbons (Fsp3) is 0.400. The number of imidazole rings is 1. The van der Waals surface area contributed by atoms with Crippen LogP contribution >= 0.6 is 0 Å². The number of hydrogen-bond acceptors (Lipinski definition) is 5. The fourth-order valence-corrected chi connectivity index (χ4v) is 1.92. The molecule has 2 rings (SSSR count). The summed E-state index contributed by atoms with van der Waals surface area (Å²) >= 11 is 0. The first-order chi connectivity index (χ1) is 11.2. The van der Waals surface area contributed by atoms with Gasteiger partial charge in [-0.3, -0.25) is 0 Å². The minimum absolute atomic E-state index is 0.0335. The molecular weight excluding hydrogens is 298 g/mol. The zero-order valence-corrected chi connectivity index (χ0v) is 13.2. The number of ether oxygens (including phenoxy) is 2. The van der Waals surface area contributed by atoms with Crippen molar-refractivity contribution in [3.05, 3.63) is 37.1 Å². The van der Waals surface area contributed by atoms with Crippen molar-refractivity contribution in [1.29, 1.82) is 0 Å². The Hall–Kier alpha value is -2.61. The summed E-state index contributed by atoms with van der Waals surface area (Å²) in [5, 5.41) is 5.58. The van der Waals surface area contributed by atoms with Gasteiger partial charge in [0.25, 0.3) is 0 Å². The molecule has 2 heterocycles. The highest BCUT2D eigenvalue weighted by molar-refractivity contribution is 5.89. The first-order valence-corrected chi connectivity index (χ1v) is 7.28. The number of aromatic nitrogens is 3. The zero-order chi connectivity index (χ0) is 16.5. The predicted octanol–water partition coefficient (Wildman–Crippen LogP) is 1.51. The molecule has 0 saturated carbocycles. The number of rotatable bonds is 8. The van der Waals surface area contributed by atoms with Crippen LogP contribution in [0.3, 0.4) is 0 Å². The predicted molar refractivity (Wildman–Crippen MR) is 85.5 cm³/mol. The van der Waals surface area contributed by atoms with Crippen LogP contribution in [0.1, 0.15) is 6.92 Å². The van der Waals surface area contributed by atoms with Gasteiger partial charge in [-0.05, 0) is 13.0 Å². The molecule has 0 radical (unpaired) electrons. The number of carbonyl (C=O) groups is 1. The third-order valence-corrected chi connectivity index (χ3v) is 2.95. The standard InChI is InChI=1S/C15H21N5O3/c1-12(10-20-6-5-16-11-20)18-15(21)19-13-3-4-14(17-9-13)23-8-7-22-2/h3-6,9,11-12H,7-8,10H2,1-2H3,(H2,18,19,21)/t12-/m0/s1. The number of nitrogens with one attached hydrogen (secondary N) is 2. The Bertz CT molecular complexity index is 586. The summed E-state index contributed by atoms with van der Waals surface area (Å²) < 4.78 is 12.1. The SMILES string of the molecule is COCCOc1ccc(NC(=O)N[C@@H](C)Cn2ccnc2)cn1. The van der Waals surface area contributed by atoms with Gasteiger partial charge in [-0.2, -0.15) is 0 Å². The molecule has 0 bridgehead atoms. The Kier molecular flexibility index (Phi) is 6.37. The van der Waals surface area contributed by atoms with Crippen molar-refractivity contribution >= 4 is 11.7 Å². The lowest BCUT2D eigenvalue weighted by Crippen LogP contribution is -2.38. The van der Waals surface area contributed by atoms with Gasteiger partial charge in [0.1, 0.15) is 6.61 Å². The van der Waals surface area contributed by atoms with E-state index in [0.29, 0.717) is 31.3 Å². The molecule has 0 aliphatic carbocycles. The number of amides is 2. The number of carbonyl (C=O) groups excluding carboxylic acids is 1. The van der Waals surface area contributed by atoms with E-state index in [4.69, 9.17) is 9.47 Å². The van der Waals surface area contributed by atoms with Crippen LogP contribution in [0.4, 0.5) is 10.5 Å². The fourth-order valence-electron chi connectivity index (χ4n) is 1.92. The summed E-state index contributed by atoms with van der Waals surface area (Å²) in [5.41, 5.74) is 0.594. The molecule has 1 atom stereocenters. The van der Waals surface area contributed by atoms with Gasteiger partial charge in [0.15, 0.2) is 0 Å². The maximum Gasteiger partial charge on any atom is 0.319 e. The summed E-state index contributed by atoms with van der Waals surface area (Å²) in [7, 11) is 1.61. The highest BCUT2D eigenvalue weighted by Crippen LogP contribution is 2.11. The molecule has 8 heteroatoms. The number of anilines is 1. The molecule has 0 fully saturated rings. The van der Waals surface area contributed by atoms with Crippen molar-refractivity contribution in [2.75, 3.05) is 25.6 Å². The van der Waals surface area contributed by atoms with E-state index in [2.05, 4.69) is 20.6 Å². The summed E-state index contributed by atoms with van der Waals surface area (Å²) in [5.74, 6) is 0.487. The third kappa shape index (κ3) is 5.95. The van der Waals surface area contributed by atoms with Crippen LogP contribution < -0.4 is 15.4 Å². The first kappa shape index (κ1) is 16.8. The maximum atomic E-state index is 11.9. The van der Waals surface area contributed by atoms with Gasteiger partial charge in [0.2, 0.25) is 5.88 Å². The normalized spacial score (nSPS) is 11.7. The van der Waals surface area contributed by atoms with E-state index in [1.165, 1.54) is 0 Å². The van der Waals surface area contributed by atoms with Crippen LogP contribution in [0, 0.1) is 0 Å². The van der Waals surface area contributed by atoms with E-state index >= 15 is 0 Å². The molecule has 0 aliphatic heterocycles. The number of hydrogen-bond donors (Lipinski definition) is 2. The van der Waals surface area contributed by atoms with Crippen molar-refractivity contribution in [3.8, 4) is 5.88 Å². The van der Waals surface area contributed by atoms with E-state index in [1.54, 1.807) is 38.0 Å². The molecule has 2 N–H and O–H groups in total. The lowest BCUT2D eigenvalue weighted by molar-refractivity contribution is 0.144. The Labute approximate surface area is 134 Å². The minimum atomic E-state index is -0.285. The van der Waals surface area contributed by atoms with Gasteiger partial charge < -0.3 is 24.7 Å². The van der Waals surface area contributed by atoms with Gasteiger partial charge in [0, 0.05) is 38.2 Å².